The van der Waals surface area contributed by atoms with Crippen LogP contribution >= 0.6 is 11.8 Å². The van der Waals surface area contributed by atoms with Crippen molar-refractivity contribution in [3.63, 3.8) is 0 Å². The summed E-state index contributed by atoms with van der Waals surface area (Å²) in [6, 6.07) is 1.72. The first-order valence-corrected chi connectivity index (χ1v) is 9.89. The molecule has 0 aliphatic heterocycles. The van der Waals surface area contributed by atoms with Crippen LogP contribution in [0, 0.1) is 0 Å². The first-order chi connectivity index (χ1) is 9.84. The number of nitrogens with one attached hydrogen (secondary N) is 2. The largest absolute Gasteiger partial charge is 0.352 e. The van der Waals surface area contributed by atoms with Crippen LogP contribution in [0.4, 0.5) is 0 Å². The molecule has 1 aromatic rings. The van der Waals surface area contributed by atoms with Crippen LogP contribution < -0.4 is 10.0 Å². The van der Waals surface area contributed by atoms with E-state index >= 15 is 0 Å². The molecule has 7 heteroatoms. The molecule has 1 rings (SSSR count). The van der Waals surface area contributed by atoms with Crippen LogP contribution in [0.15, 0.2) is 17.2 Å². The first kappa shape index (κ1) is 18.5. The molecule has 0 saturated carbocycles. The Morgan fingerprint density at radius 1 is 1.33 bits per heavy atom. The SMILES string of the molecule is CCC(CC)(CNS(=O)(=O)c1cc(CNC)n(C)c1)SC. The average molecular weight is 334 g/mol. The fourth-order valence-corrected chi connectivity index (χ4v) is 4.36. The van der Waals surface area contributed by atoms with Crippen LogP contribution in [0.2, 0.25) is 0 Å². The van der Waals surface area contributed by atoms with E-state index in [0.717, 1.165) is 18.5 Å². The Kier molecular flexibility index (Phi) is 6.77. The fraction of sp³-hybridized carbons (Fsp3) is 0.714. The lowest BCUT2D eigenvalue weighted by Gasteiger charge is -2.29. The van der Waals surface area contributed by atoms with E-state index in [1.54, 1.807) is 24.0 Å². The minimum Gasteiger partial charge on any atom is -0.352 e. The number of hydrogen-bond donors (Lipinski definition) is 2. The zero-order valence-corrected chi connectivity index (χ0v) is 15.2. The van der Waals surface area contributed by atoms with E-state index in [0.29, 0.717) is 18.0 Å². The molecule has 0 fully saturated rings. The van der Waals surface area contributed by atoms with Gasteiger partial charge in [-0.15, -0.1) is 0 Å². The summed E-state index contributed by atoms with van der Waals surface area (Å²) in [4.78, 5) is 0.331. The van der Waals surface area contributed by atoms with Crippen LogP contribution in [0.3, 0.4) is 0 Å². The van der Waals surface area contributed by atoms with Crippen LogP contribution in [-0.4, -0.2) is 37.6 Å². The van der Waals surface area contributed by atoms with Crippen molar-refractivity contribution >= 4 is 21.8 Å². The average Bonchev–Trinajstić information content (AvgIpc) is 2.84. The molecule has 0 aromatic carbocycles. The number of rotatable bonds is 9. The molecule has 2 N–H and O–H groups in total. The summed E-state index contributed by atoms with van der Waals surface area (Å²) < 4.78 is 29.5. The number of aryl methyl sites for hydroxylation is 1. The van der Waals surface area contributed by atoms with Gasteiger partial charge >= 0.3 is 0 Å². The molecule has 0 amide bonds. The van der Waals surface area contributed by atoms with Crippen LogP contribution in [-0.2, 0) is 23.6 Å². The molecule has 0 aliphatic carbocycles. The predicted octanol–water partition coefficient (Wildman–Crippen LogP) is 1.94. The van der Waals surface area contributed by atoms with Crippen LogP contribution in [0.25, 0.3) is 0 Å². The quantitative estimate of drug-likeness (QED) is 0.725. The molecular formula is C14H27N3O2S2. The summed E-state index contributed by atoms with van der Waals surface area (Å²) in [5, 5.41) is 3.03. The van der Waals surface area contributed by atoms with Gasteiger partial charge in [-0.2, -0.15) is 11.8 Å². The molecule has 0 spiro atoms. The molecular weight excluding hydrogens is 306 g/mol. The number of aromatic nitrogens is 1. The van der Waals surface area contributed by atoms with E-state index < -0.39 is 10.0 Å². The van der Waals surface area contributed by atoms with Crippen molar-refractivity contribution in [2.24, 2.45) is 7.05 Å². The highest BCUT2D eigenvalue weighted by Crippen LogP contribution is 2.30. The highest BCUT2D eigenvalue weighted by Gasteiger charge is 2.28. The maximum atomic E-state index is 12.4. The van der Waals surface area contributed by atoms with Crippen LogP contribution in [0.5, 0.6) is 0 Å². The summed E-state index contributed by atoms with van der Waals surface area (Å²) in [5.41, 5.74) is 0.944. The molecule has 1 aromatic heterocycles. The second-order valence-electron chi connectivity index (χ2n) is 5.23. The molecule has 0 unspecified atom stereocenters. The van der Waals surface area contributed by atoms with Gasteiger partial charge in [0.05, 0.1) is 4.90 Å². The fourth-order valence-electron chi connectivity index (χ4n) is 2.25. The summed E-state index contributed by atoms with van der Waals surface area (Å²) in [6.07, 6.45) is 5.57. The highest BCUT2D eigenvalue weighted by molar-refractivity contribution is 8.00. The number of thioether (sulfide) groups is 1. The molecule has 21 heavy (non-hydrogen) atoms. The van der Waals surface area contributed by atoms with E-state index in [9.17, 15) is 8.42 Å². The standard InChI is InChI=1S/C14H27N3O2S2/c1-6-14(7-2,20-5)11-16-21(18,19)13-8-12(9-15-3)17(4)10-13/h8,10,15-16H,6-7,9,11H2,1-5H3. The highest BCUT2D eigenvalue weighted by atomic mass is 32.2. The normalized spacial score (nSPS) is 12.8. The van der Waals surface area contributed by atoms with Crippen molar-refractivity contribution in [1.29, 1.82) is 0 Å². The summed E-state index contributed by atoms with van der Waals surface area (Å²) >= 11 is 1.73. The zero-order chi connectivity index (χ0) is 16.1. The molecule has 1 heterocycles. The van der Waals surface area contributed by atoms with Gasteiger partial charge in [-0.3, -0.25) is 0 Å². The molecule has 0 bridgehead atoms. The van der Waals surface area contributed by atoms with Gasteiger partial charge in [-0.25, -0.2) is 13.1 Å². The van der Waals surface area contributed by atoms with Gasteiger partial charge in [-0.1, -0.05) is 13.8 Å². The Morgan fingerprint density at radius 3 is 2.43 bits per heavy atom. The molecule has 0 radical (unpaired) electrons. The van der Waals surface area contributed by atoms with Crippen molar-refractivity contribution in [1.82, 2.24) is 14.6 Å². The Labute approximate surface area is 132 Å². The van der Waals surface area contributed by atoms with E-state index in [-0.39, 0.29) is 4.75 Å². The van der Waals surface area contributed by atoms with Crippen molar-refractivity contribution in [2.75, 3.05) is 19.8 Å². The monoisotopic (exact) mass is 333 g/mol. The lowest BCUT2D eigenvalue weighted by Crippen LogP contribution is -2.39. The topological polar surface area (TPSA) is 63.1 Å². The third-order valence-corrected chi connectivity index (χ3v) is 7.01. The Balaban J connectivity index is 2.89. The lowest BCUT2D eigenvalue weighted by molar-refractivity contribution is 0.522. The second kappa shape index (κ2) is 7.67. The van der Waals surface area contributed by atoms with E-state index in [1.807, 2.05) is 24.9 Å². The number of hydrogen-bond acceptors (Lipinski definition) is 4. The third kappa shape index (κ3) is 4.48. The van der Waals surface area contributed by atoms with Crippen molar-refractivity contribution < 1.29 is 8.42 Å². The predicted molar refractivity (Wildman–Crippen MR) is 90.2 cm³/mol. The van der Waals surface area contributed by atoms with Crippen LogP contribution in [0.1, 0.15) is 32.4 Å². The maximum Gasteiger partial charge on any atom is 0.242 e. The van der Waals surface area contributed by atoms with Gasteiger partial charge in [0.15, 0.2) is 0 Å². The summed E-state index contributed by atoms with van der Waals surface area (Å²) in [6.45, 7) is 5.30. The number of sulfonamides is 1. The van der Waals surface area contributed by atoms with Crippen molar-refractivity contribution in [3.05, 3.63) is 18.0 Å². The first-order valence-electron chi connectivity index (χ1n) is 7.18. The lowest BCUT2D eigenvalue weighted by atomic mass is 10.0. The van der Waals surface area contributed by atoms with Crippen molar-refractivity contribution in [2.45, 2.75) is 42.9 Å². The van der Waals surface area contributed by atoms with E-state index in [2.05, 4.69) is 23.9 Å². The smallest absolute Gasteiger partial charge is 0.242 e. The Hall–Kier alpha value is -0.500. The van der Waals surface area contributed by atoms with Gasteiger partial charge in [0.25, 0.3) is 0 Å². The van der Waals surface area contributed by atoms with E-state index in [1.165, 1.54) is 0 Å². The Morgan fingerprint density at radius 2 is 1.95 bits per heavy atom. The van der Waals surface area contributed by atoms with E-state index in [4.69, 9.17) is 0 Å². The number of nitrogens with zero attached hydrogens (tertiary/aromatic N) is 1. The summed E-state index contributed by atoms with van der Waals surface area (Å²) in [7, 11) is 0.243. The molecule has 0 saturated heterocycles. The van der Waals surface area contributed by atoms with Gasteiger partial charge in [-0.05, 0) is 32.2 Å². The zero-order valence-electron chi connectivity index (χ0n) is 13.6. The summed E-state index contributed by atoms with van der Waals surface area (Å²) in [5.74, 6) is 0. The molecule has 122 valence electrons. The minimum atomic E-state index is -3.46. The molecule has 0 atom stereocenters. The second-order valence-corrected chi connectivity index (χ2v) is 8.27. The molecule has 0 aliphatic rings. The molecule has 5 nitrogen and oxygen atoms in total. The van der Waals surface area contributed by atoms with Gasteiger partial charge in [0.2, 0.25) is 10.0 Å². The Bertz CT molecular complexity index is 540. The van der Waals surface area contributed by atoms with Crippen molar-refractivity contribution in [3.8, 4) is 0 Å². The third-order valence-electron chi connectivity index (χ3n) is 4.06. The maximum absolute atomic E-state index is 12.4. The van der Waals surface area contributed by atoms with Gasteiger partial charge in [0, 0.05) is 36.8 Å². The van der Waals surface area contributed by atoms with Gasteiger partial charge in [0.1, 0.15) is 0 Å². The minimum absolute atomic E-state index is 0.0321. The van der Waals surface area contributed by atoms with Gasteiger partial charge < -0.3 is 9.88 Å².